The van der Waals surface area contributed by atoms with E-state index in [2.05, 4.69) is 22.2 Å². The van der Waals surface area contributed by atoms with Crippen molar-refractivity contribution in [1.82, 2.24) is 9.97 Å². The SMILES string of the molecule is CCNc1ncc([N+](=O)[O-])c(OC2CCCC(CC)C2)n1. The van der Waals surface area contributed by atoms with Crippen LogP contribution in [0.15, 0.2) is 6.20 Å². The van der Waals surface area contributed by atoms with Crippen molar-refractivity contribution in [3.63, 3.8) is 0 Å². The predicted octanol–water partition coefficient (Wildman–Crippen LogP) is 3.16. The van der Waals surface area contributed by atoms with Crippen LogP contribution in [0.1, 0.15) is 46.0 Å². The molecule has 2 atom stereocenters. The van der Waals surface area contributed by atoms with Crippen molar-refractivity contribution in [2.24, 2.45) is 5.92 Å². The Bertz CT molecular complexity index is 495. The van der Waals surface area contributed by atoms with Crippen molar-refractivity contribution >= 4 is 11.6 Å². The molecule has 1 saturated carbocycles. The van der Waals surface area contributed by atoms with Crippen LogP contribution in [0.2, 0.25) is 0 Å². The fourth-order valence-corrected chi connectivity index (χ4v) is 2.69. The van der Waals surface area contributed by atoms with Gasteiger partial charge in [0.25, 0.3) is 5.88 Å². The van der Waals surface area contributed by atoms with Crippen LogP contribution in [0.5, 0.6) is 5.88 Å². The van der Waals surface area contributed by atoms with Gasteiger partial charge in [0, 0.05) is 6.54 Å². The molecular formula is C14H22N4O3. The van der Waals surface area contributed by atoms with Gasteiger partial charge in [0.15, 0.2) is 0 Å². The molecule has 21 heavy (non-hydrogen) atoms. The largest absolute Gasteiger partial charge is 0.469 e. The van der Waals surface area contributed by atoms with Crippen LogP contribution in [-0.2, 0) is 0 Å². The van der Waals surface area contributed by atoms with E-state index >= 15 is 0 Å². The minimum atomic E-state index is -0.495. The monoisotopic (exact) mass is 294 g/mol. The Morgan fingerprint density at radius 1 is 1.48 bits per heavy atom. The van der Waals surface area contributed by atoms with Gasteiger partial charge in [-0.05, 0) is 32.1 Å². The van der Waals surface area contributed by atoms with E-state index in [1.54, 1.807) is 0 Å². The Kier molecular flexibility index (Phi) is 5.30. The minimum Gasteiger partial charge on any atom is -0.469 e. The fourth-order valence-electron chi connectivity index (χ4n) is 2.69. The first kappa shape index (κ1) is 15.5. The second kappa shape index (κ2) is 7.19. The topological polar surface area (TPSA) is 90.2 Å². The van der Waals surface area contributed by atoms with Gasteiger partial charge in [-0.2, -0.15) is 4.98 Å². The number of aromatic nitrogens is 2. The molecule has 7 heteroatoms. The van der Waals surface area contributed by atoms with Crippen LogP contribution in [0, 0.1) is 16.0 Å². The zero-order valence-electron chi connectivity index (χ0n) is 12.5. The van der Waals surface area contributed by atoms with Crippen LogP contribution in [-0.4, -0.2) is 27.5 Å². The summed E-state index contributed by atoms with van der Waals surface area (Å²) in [5.41, 5.74) is -0.171. The molecule has 0 spiro atoms. The van der Waals surface area contributed by atoms with Crippen molar-refractivity contribution < 1.29 is 9.66 Å². The molecule has 1 aromatic rings. The number of ether oxygens (including phenoxy) is 1. The van der Waals surface area contributed by atoms with E-state index in [1.807, 2.05) is 6.92 Å². The van der Waals surface area contributed by atoms with E-state index in [0.29, 0.717) is 18.4 Å². The lowest BCUT2D eigenvalue weighted by Gasteiger charge is -2.28. The predicted molar refractivity (Wildman–Crippen MR) is 79.5 cm³/mol. The summed E-state index contributed by atoms with van der Waals surface area (Å²) in [7, 11) is 0. The number of nitro groups is 1. The number of anilines is 1. The van der Waals surface area contributed by atoms with Gasteiger partial charge in [-0.15, -0.1) is 0 Å². The highest BCUT2D eigenvalue weighted by molar-refractivity contribution is 5.43. The van der Waals surface area contributed by atoms with Crippen molar-refractivity contribution in [1.29, 1.82) is 0 Å². The van der Waals surface area contributed by atoms with E-state index in [1.165, 1.54) is 12.6 Å². The molecule has 1 aromatic heterocycles. The third-order valence-electron chi connectivity index (χ3n) is 3.86. The van der Waals surface area contributed by atoms with Crippen LogP contribution in [0.25, 0.3) is 0 Å². The van der Waals surface area contributed by atoms with Crippen molar-refractivity contribution in [2.75, 3.05) is 11.9 Å². The summed E-state index contributed by atoms with van der Waals surface area (Å²) >= 11 is 0. The molecule has 0 amide bonds. The molecule has 0 aliphatic heterocycles. The van der Waals surface area contributed by atoms with Crippen molar-refractivity contribution in [2.45, 2.75) is 52.1 Å². The van der Waals surface area contributed by atoms with Gasteiger partial charge in [-0.3, -0.25) is 10.1 Å². The highest BCUT2D eigenvalue weighted by Gasteiger charge is 2.26. The Morgan fingerprint density at radius 2 is 2.29 bits per heavy atom. The Labute approximate surface area is 124 Å². The summed E-state index contributed by atoms with van der Waals surface area (Å²) in [5.74, 6) is 1.08. The minimum absolute atomic E-state index is 0.00627. The Balaban J connectivity index is 2.16. The maximum Gasteiger partial charge on any atom is 0.349 e. The Morgan fingerprint density at radius 3 is 2.95 bits per heavy atom. The summed E-state index contributed by atoms with van der Waals surface area (Å²) in [5, 5.41) is 14.0. The molecule has 1 N–H and O–H groups in total. The molecule has 1 fully saturated rings. The second-order valence-corrected chi connectivity index (χ2v) is 5.35. The summed E-state index contributed by atoms with van der Waals surface area (Å²) in [6.07, 6.45) is 6.51. The molecule has 116 valence electrons. The summed E-state index contributed by atoms with van der Waals surface area (Å²) in [4.78, 5) is 18.7. The van der Waals surface area contributed by atoms with Crippen LogP contribution < -0.4 is 10.1 Å². The standard InChI is InChI=1S/C14H22N4O3/c1-3-10-6-5-7-11(8-10)21-13-12(18(19)20)9-16-14(17-13)15-4-2/h9-11H,3-8H2,1-2H3,(H,15,16,17). The molecule has 1 heterocycles. The van der Waals surface area contributed by atoms with Crippen molar-refractivity contribution in [3.05, 3.63) is 16.3 Å². The first-order chi connectivity index (χ1) is 10.1. The average molecular weight is 294 g/mol. The van der Waals surface area contributed by atoms with Crippen molar-refractivity contribution in [3.8, 4) is 5.88 Å². The van der Waals surface area contributed by atoms with E-state index in [-0.39, 0.29) is 17.7 Å². The van der Waals surface area contributed by atoms with E-state index in [9.17, 15) is 10.1 Å². The lowest BCUT2D eigenvalue weighted by Crippen LogP contribution is -2.26. The first-order valence-electron chi connectivity index (χ1n) is 7.56. The van der Waals surface area contributed by atoms with Gasteiger partial charge in [0.2, 0.25) is 5.95 Å². The molecule has 1 aliphatic rings. The third-order valence-corrected chi connectivity index (χ3v) is 3.86. The summed E-state index contributed by atoms with van der Waals surface area (Å²) in [6.45, 7) is 4.74. The van der Waals surface area contributed by atoms with Gasteiger partial charge in [-0.25, -0.2) is 4.98 Å². The maximum atomic E-state index is 11.1. The second-order valence-electron chi connectivity index (χ2n) is 5.35. The number of hydrogen-bond acceptors (Lipinski definition) is 6. The van der Waals surface area contributed by atoms with Crippen LogP contribution in [0.3, 0.4) is 0 Å². The molecule has 7 nitrogen and oxygen atoms in total. The van der Waals surface area contributed by atoms with E-state index in [0.717, 1.165) is 25.7 Å². The quantitative estimate of drug-likeness (QED) is 0.640. The summed E-state index contributed by atoms with van der Waals surface area (Å²) < 4.78 is 5.83. The molecule has 0 aromatic carbocycles. The van der Waals surface area contributed by atoms with E-state index in [4.69, 9.17) is 4.74 Å². The molecule has 2 unspecified atom stereocenters. The molecule has 1 aliphatic carbocycles. The molecule has 0 radical (unpaired) electrons. The van der Waals surface area contributed by atoms with Gasteiger partial charge < -0.3 is 10.1 Å². The first-order valence-corrected chi connectivity index (χ1v) is 7.56. The number of nitrogens with zero attached hydrogens (tertiary/aromatic N) is 3. The molecule has 0 bridgehead atoms. The zero-order valence-corrected chi connectivity index (χ0v) is 12.5. The third kappa shape index (κ3) is 4.03. The highest BCUT2D eigenvalue weighted by atomic mass is 16.6. The van der Waals surface area contributed by atoms with Gasteiger partial charge >= 0.3 is 5.69 Å². The van der Waals surface area contributed by atoms with Gasteiger partial charge in [-0.1, -0.05) is 19.8 Å². The number of rotatable bonds is 6. The highest BCUT2D eigenvalue weighted by Crippen LogP contribution is 2.32. The molecular weight excluding hydrogens is 272 g/mol. The van der Waals surface area contributed by atoms with Gasteiger partial charge in [0.05, 0.1) is 4.92 Å². The lowest BCUT2D eigenvalue weighted by atomic mass is 9.85. The lowest BCUT2D eigenvalue weighted by molar-refractivity contribution is -0.386. The molecule has 2 rings (SSSR count). The number of nitrogens with one attached hydrogen (secondary N) is 1. The number of hydrogen-bond donors (Lipinski definition) is 1. The van der Waals surface area contributed by atoms with E-state index < -0.39 is 4.92 Å². The average Bonchev–Trinajstić information content (AvgIpc) is 2.48. The zero-order chi connectivity index (χ0) is 15.2. The smallest absolute Gasteiger partial charge is 0.349 e. The van der Waals surface area contributed by atoms with Crippen LogP contribution >= 0.6 is 0 Å². The normalized spacial score (nSPS) is 21.8. The van der Waals surface area contributed by atoms with Gasteiger partial charge in [0.1, 0.15) is 12.3 Å². The Hall–Kier alpha value is -1.92. The molecule has 0 saturated heterocycles. The summed E-state index contributed by atoms with van der Waals surface area (Å²) in [6, 6.07) is 0. The maximum absolute atomic E-state index is 11.1. The fraction of sp³-hybridized carbons (Fsp3) is 0.714. The van der Waals surface area contributed by atoms with Crippen LogP contribution in [0.4, 0.5) is 11.6 Å².